The molecule has 0 saturated carbocycles. The minimum atomic E-state index is -4.56. The quantitative estimate of drug-likeness (QED) is 0.309. The van der Waals surface area contributed by atoms with Crippen molar-refractivity contribution in [2.45, 2.75) is 32.2 Å². The van der Waals surface area contributed by atoms with E-state index in [0.29, 0.717) is 17.1 Å². The van der Waals surface area contributed by atoms with Gasteiger partial charge in [-0.05, 0) is 60.5 Å². The second-order valence-electron chi connectivity index (χ2n) is 8.17. The lowest BCUT2D eigenvalue weighted by molar-refractivity contribution is -0.149. The molecule has 2 unspecified atom stereocenters. The topological polar surface area (TPSA) is 91.6 Å². The summed E-state index contributed by atoms with van der Waals surface area (Å²) in [7, 11) is 0. The average Bonchev–Trinajstić information content (AvgIpc) is 2.82. The molecule has 6 nitrogen and oxygen atoms in total. The Kier molecular flexibility index (Phi) is 8.33. The number of hydrogen-bond acceptors (Lipinski definition) is 6. The van der Waals surface area contributed by atoms with Gasteiger partial charge in [0.25, 0.3) is 0 Å². The zero-order chi connectivity index (χ0) is 26.5. The molecule has 3 aromatic rings. The Balaban J connectivity index is 1.75. The van der Waals surface area contributed by atoms with E-state index in [4.69, 9.17) is 21.1 Å². The van der Waals surface area contributed by atoms with Gasteiger partial charge in [0.05, 0.1) is 16.3 Å². The maximum atomic E-state index is 13.0. The fraction of sp³-hybridized carbons (Fsp3) is 0.231. The van der Waals surface area contributed by atoms with Crippen LogP contribution in [0, 0.1) is 17.2 Å². The van der Waals surface area contributed by atoms with Crippen LogP contribution in [0.4, 0.5) is 18.9 Å². The van der Waals surface area contributed by atoms with E-state index in [1.165, 1.54) is 12.1 Å². The Bertz CT molecular complexity index is 1260. The highest BCUT2D eigenvalue weighted by Crippen LogP contribution is 2.34. The molecule has 36 heavy (non-hydrogen) atoms. The lowest BCUT2D eigenvalue weighted by atomic mass is 10.0. The predicted octanol–water partition coefficient (Wildman–Crippen LogP) is 7.10. The summed E-state index contributed by atoms with van der Waals surface area (Å²) in [5.74, 6) is -0.215. The number of nitrogens with one attached hydrogen (secondary N) is 1. The Labute approximate surface area is 210 Å². The number of nitriles is 1. The summed E-state index contributed by atoms with van der Waals surface area (Å²) >= 11 is 6.02. The molecule has 0 amide bonds. The Morgan fingerprint density at radius 2 is 1.75 bits per heavy atom. The molecule has 3 rings (SSSR count). The van der Waals surface area contributed by atoms with Crippen molar-refractivity contribution in [1.82, 2.24) is 0 Å². The molecule has 0 aromatic heterocycles. The smallest absolute Gasteiger partial charge is 0.416 e. The number of rotatable bonds is 8. The van der Waals surface area contributed by atoms with Gasteiger partial charge in [-0.25, -0.2) is 4.79 Å². The average molecular weight is 519 g/mol. The molecule has 0 aliphatic rings. The van der Waals surface area contributed by atoms with Crippen molar-refractivity contribution in [3.63, 3.8) is 0 Å². The van der Waals surface area contributed by atoms with Crippen molar-refractivity contribution in [2.75, 3.05) is 5.32 Å². The fourth-order valence-electron chi connectivity index (χ4n) is 3.22. The Morgan fingerprint density at radius 1 is 1.06 bits per heavy atom. The van der Waals surface area contributed by atoms with Crippen molar-refractivity contribution in [3.05, 3.63) is 82.9 Å². The number of alkyl halides is 3. The third kappa shape index (κ3) is 6.83. The van der Waals surface area contributed by atoms with Crippen molar-refractivity contribution in [2.24, 2.45) is 5.92 Å². The maximum Gasteiger partial charge on any atom is 0.416 e. The molecule has 0 saturated heterocycles. The van der Waals surface area contributed by atoms with Gasteiger partial charge in [0.2, 0.25) is 6.10 Å². The molecular formula is C26H22ClF3N2O4. The van der Waals surface area contributed by atoms with Crippen molar-refractivity contribution >= 4 is 23.3 Å². The fourth-order valence-corrected chi connectivity index (χ4v) is 3.46. The second-order valence-corrected chi connectivity index (χ2v) is 8.58. The molecule has 3 aromatic carbocycles. The molecule has 0 radical (unpaired) electrons. The van der Waals surface area contributed by atoms with E-state index in [0.717, 1.165) is 18.2 Å². The molecule has 0 fully saturated rings. The third-order valence-electron chi connectivity index (χ3n) is 5.11. The molecule has 2 N–H and O–H groups in total. The summed E-state index contributed by atoms with van der Waals surface area (Å²) in [5, 5.41) is 21.7. The largest absolute Gasteiger partial charge is 0.508 e. The number of halogens is 4. The first-order valence-electron chi connectivity index (χ1n) is 10.8. The van der Waals surface area contributed by atoms with Crippen LogP contribution < -0.4 is 10.1 Å². The summed E-state index contributed by atoms with van der Waals surface area (Å²) in [6, 6.07) is 16.2. The summed E-state index contributed by atoms with van der Waals surface area (Å²) in [6.45, 7) is 3.43. The van der Waals surface area contributed by atoms with Gasteiger partial charge in [0, 0.05) is 5.56 Å². The van der Waals surface area contributed by atoms with E-state index in [2.05, 4.69) is 5.32 Å². The van der Waals surface area contributed by atoms with Crippen LogP contribution in [-0.4, -0.2) is 17.1 Å². The zero-order valence-corrected chi connectivity index (χ0v) is 20.0. The van der Waals surface area contributed by atoms with Gasteiger partial charge in [-0.15, -0.1) is 0 Å². The third-order valence-corrected chi connectivity index (χ3v) is 5.43. The molecule has 0 aliphatic heterocycles. The van der Waals surface area contributed by atoms with Crippen LogP contribution in [0.2, 0.25) is 5.02 Å². The lowest BCUT2D eigenvalue weighted by Gasteiger charge is -2.24. The summed E-state index contributed by atoms with van der Waals surface area (Å²) in [5.41, 5.74) is -0.434. The minimum Gasteiger partial charge on any atom is -0.508 e. The lowest BCUT2D eigenvalue weighted by Crippen LogP contribution is -2.36. The Hall–Kier alpha value is -3.90. The number of phenols is 1. The zero-order valence-electron chi connectivity index (χ0n) is 19.2. The number of aromatic hydroxyl groups is 1. The van der Waals surface area contributed by atoms with Crippen LogP contribution in [-0.2, 0) is 15.7 Å². The van der Waals surface area contributed by atoms with Crippen molar-refractivity contribution < 1.29 is 32.5 Å². The molecule has 0 bridgehead atoms. The SMILES string of the molecule is CC(C)C(Nc1ccc(C(F)(F)F)cc1Cl)C(=O)OC(C#N)c1cccc(Oc2ccc(O)cc2)c1. The second kappa shape index (κ2) is 11.2. The highest BCUT2D eigenvalue weighted by Gasteiger charge is 2.32. The van der Waals surface area contributed by atoms with Crippen LogP contribution in [0.5, 0.6) is 17.2 Å². The first kappa shape index (κ1) is 26.7. The number of esters is 1. The van der Waals surface area contributed by atoms with Crippen LogP contribution in [0.1, 0.15) is 31.1 Å². The number of ether oxygens (including phenoxy) is 2. The van der Waals surface area contributed by atoms with Crippen LogP contribution in [0.25, 0.3) is 0 Å². The number of carbonyl (C=O) groups excluding carboxylic acids is 1. The van der Waals surface area contributed by atoms with Gasteiger partial charge < -0.3 is 19.9 Å². The molecule has 10 heteroatoms. The van der Waals surface area contributed by atoms with Crippen LogP contribution in [0.3, 0.4) is 0 Å². The number of phenolic OH excluding ortho intramolecular Hbond substituents is 1. The van der Waals surface area contributed by atoms with E-state index in [-0.39, 0.29) is 22.4 Å². The number of anilines is 1. The first-order chi connectivity index (χ1) is 17.0. The van der Waals surface area contributed by atoms with Gasteiger partial charge in [-0.2, -0.15) is 18.4 Å². The Morgan fingerprint density at radius 3 is 2.33 bits per heavy atom. The van der Waals surface area contributed by atoms with Gasteiger partial charge in [-0.1, -0.05) is 37.6 Å². The summed E-state index contributed by atoms with van der Waals surface area (Å²) in [6.07, 6.45) is -5.83. The van der Waals surface area contributed by atoms with E-state index in [1.54, 1.807) is 50.2 Å². The number of nitrogens with zero attached hydrogens (tertiary/aromatic N) is 1. The van der Waals surface area contributed by atoms with Gasteiger partial charge >= 0.3 is 12.1 Å². The minimum absolute atomic E-state index is 0.0819. The van der Waals surface area contributed by atoms with Crippen molar-refractivity contribution in [3.8, 4) is 23.3 Å². The van der Waals surface area contributed by atoms with Gasteiger partial charge in [0.15, 0.2) is 0 Å². The molecule has 0 spiro atoms. The van der Waals surface area contributed by atoms with Gasteiger partial charge in [0.1, 0.15) is 29.4 Å². The summed E-state index contributed by atoms with van der Waals surface area (Å²) < 4.78 is 49.9. The van der Waals surface area contributed by atoms with E-state index in [9.17, 15) is 28.3 Å². The van der Waals surface area contributed by atoms with Crippen LogP contribution >= 0.6 is 11.6 Å². The van der Waals surface area contributed by atoms with Gasteiger partial charge in [-0.3, -0.25) is 0 Å². The highest BCUT2D eigenvalue weighted by atomic mass is 35.5. The molecule has 2 atom stereocenters. The molecule has 0 heterocycles. The molecule has 188 valence electrons. The predicted molar refractivity (Wildman–Crippen MR) is 128 cm³/mol. The maximum absolute atomic E-state index is 13.0. The highest BCUT2D eigenvalue weighted by molar-refractivity contribution is 6.33. The van der Waals surface area contributed by atoms with E-state index < -0.39 is 29.9 Å². The number of hydrogen-bond donors (Lipinski definition) is 2. The summed E-state index contributed by atoms with van der Waals surface area (Å²) in [4.78, 5) is 13.0. The number of benzene rings is 3. The normalized spacial score (nSPS) is 12.9. The molecular weight excluding hydrogens is 497 g/mol. The first-order valence-corrected chi connectivity index (χ1v) is 11.2. The van der Waals surface area contributed by atoms with E-state index in [1.807, 2.05) is 6.07 Å². The monoisotopic (exact) mass is 518 g/mol. The standard InChI is InChI=1S/C26H22ClF3N2O4/c1-15(2)24(32-22-11-6-17(13-21(22)27)26(28,29)30)25(34)36-23(14-31)16-4-3-5-20(12-16)35-19-9-7-18(33)8-10-19/h3-13,15,23-24,32-33H,1-2H3. The van der Waals surface area contributed by atoms with Crippen LogP contribution in [0.15, 0.2) is 66.7 Å². The van der Waals surface area contributed by atoms with Crippen molar-refractivity contribution in [1.29, 1.82) is 5.26 Å². The number of carbonyl (C=O) groups is 1. The molecule has 0 aliphatic carbocycles. The van der Waals surface area contributed by atoms with E-state index >= 15 is 0 Å².